The largest absolute Gasteiger partial charge is 0.143 e. The molecule has 0 N–H and O–H groups in total. The number of hydrogen-bond acceptors (Lipinski definition) is 2. The molecule has 0 radical (unpaired) electrons. The molecule has 12 heavy (non-hydrogen) atoms. The summed E-state index contributed by atoms with van der Waals surface area (Å²) in [6.07, 6.45) is 0. The van der Waals surface area contributed by atoms with Crippen molar-refractivity contribution in [1.29, 1.82) is 0 Å². The van der Waals surface area contributed by atoms with Crippen molar-refractivity contribution >= 4 is 61.6 Å². The highest BCUT2D eigenvalue weighted by Gasteiger charge is 2.06. The summed E-state index contributed by atoms with van der Waals surface area (Å²) in [4.78, 5) is 0.966. The number of hydrogen-bond donors (Lipinski definition) is 1. The highest BCUT2D eigenvalue weighted by molar-refractivity contribution is 9.10. The van der Waals surface area contributed by atoms with Gasteiger partial charge in [0.05, 0.1) is 4.47 Å². The van der Waals surface area contributed by atoms with Crippen LogP contribution < -0.4 is 0 Å². The fourth-order valence-corrected chi connectivity index (χ4v) is 3.24. The molecular weight excluding hydrogens is 276 g/mol. The Morgan fingerprint density at radius 3 is 2.92 bits per heavy atom. The first-order valence-electron chi connectivity index (χ1n) is 3.25. The lowest BCUT2D eigenvalue weighted by atomic mass is 10.3. The Morgan fingerprint density at radius 2 is 2.17 bits per heavy atom. The third-order valence-corrected chi connectivity index (χ3v) is 4.53. The average Bonchev–Trinajstić information content (AvgIpc) is 2.28. The van der Waals surface area contributed by atoms with Crippen LogP contribution in [0.25, 0.3) is 10.1 Å². The van der Waals surface area contributed by atoms with Crippen molar-refractivity contribution in [2.75, 3.05) is 0 Å². The van der Waals surface area contributed by atoms with Crippen molar-refractivity contribution in [3.63, 3.8) is 0 Å². The monoisotopic (exact) mass is 278 g/mol. The predicted molar refractivity (Wildman–Crippen MR) is 61.8 cm³/mol. The molecule has 2 rings (SSSR count). The van der Waals surface area contributed by atoms with E-state index in [0.29, 0.717) is 0 Å². The zero-order valence-corrected chi connectivity index (χ0v) is 9.90. The van der Waals surface area contributed by atoms with E-state index in [2.05, 4.69) is 28.6 Å². The van der Waals surface area contributed by atoms with Gasteiger partial charge < -0.3 is 0 Å². The minimum atomic E-state index is 0.795. The van der Waals surface area contributed by atoms with Crippen LogP contribution in [0, 0.1) is 0 Å². The third-order valence-electron chi connectivity index (χ3n) is 1.57. The molecule has 0 bridgehead atoms. The molecule has 2 aromatic rings. The SMILES string of the molecule is Sc1ccc2c(Br)c(Cl)sc2c1. The molecule has 0 aliphatic heterocycles. The van der Waals surface area contributed by atoms with Crippen LogP contribution in [0.5, 0.6) is 0 Å². The van der Waals surface area contributed by atoms with Gasteiger partial charge in [0.1, 0.15) is 4.34 Å². The standard InChI is InChI=1S/C8H4BrClS2/c9-7-5-2-1-4(11)3-6(5)12-8(7)10/h1-3,11H. The predicted octanol–water partition coefficient (Wildman–Crippen LogP) is 4.61. The van der Waals surface area contributed by atoms with Crippen molar-refractivity contribution < 1.29 is 0 Å². The first-order chi connectivity index (χ1) is 5.68. The number of rotatable bonds is 0. The van der Waals surface area contributed by atoms with Crippen molar-refractivity contribution in [3.8, 4) is 0 Å². The molecule has 1 heterocycles. The van der Waals surface area contributed by atoms with E-state index in [9.17, 15) is 0 Å². The quantitative estimate of drug-likeness (QED) is 0.669. The van der Waals surface area contributed by atoms with E-state index in [1.165, 1.54) is 4.70 Å². The molecule has 4 heteroatoms. The third kappa shape index (κ3) is 1.39. The Kier molecular flexibility index (Phi) is 2.38. The summed E-state index contributed by atoms with van der Waals surface area (Å²) in [5.41, 5.74) is 0. The summed E-state index contributed by atoms with van der Waals surface area (Å²) < 4.78 is 2.95. The molecule has 0 fully saturated rings. The van der Waals surface area contributed by atoms with Gasteiger partial charge in [0.15, 0.2) is 0 Å². The van der Waals surface area contributed by atoms with Crippen LogP contribution >= 0.6 is 51.5 Å². The smallest absolute Gasteiger partial charge is 0.108 e. The minimum Gasteiger partial charge on any atom is -0.143 e. The number of thiol groups is 1. The average molecular weight is 280 g/mol. The molecule has 0 saturated heterocycles. The number of halogens is 2. The van der Waals surface area contributed by atoms with E-state index in [1.807, 2.05) is 18.2 Å². The molecule has 0 saturated carbocycles. The van der Waals surface area contributed by atoms with E-state index >= 15 is 0 Å². The Bertz CT molecular complexity index is 436. The number of benzene rings is 1. The number of fused-ring (bicyclic) bond motifs is 1. The van der Waals surface area contributed by atoms with Crippen LogP contribution in [0.1, 0.15) is 0 Å². The molecule has 0 atom stereocenters. The Morgan fingerprint density at radius 1 is 1.42 bits per heavy atom. The van der Waals surface area contributed by atoms with Gasteiger partial charge >= 0.3 is 0 Å². The van der Waals surface area contributed by atoms with Crippen LogP contribution in [-0.4, -0.2) is 0 Å². The fourth-order valence-electron chi connectivity index (χ4n) is 1.02. The van der Waals surface area contributed by atoms with Crippen molar-refractivity contribution in [3.05, 3.63) is 27.0 Å². The van der Waals surface area contributed by atoms with Gasteiger partial charge in [-0.1, -0.05) is 17.7 Å². The first kappa shape index (κ1) is 8.88. The molecule has 1 aromatic heterocycles. The van der Waals surface area contributed by atoms with E-state index in [0.717, 1.165) is 19.1 Å². The Labute approximate surface area is 93.1 Å². The van der Waals surface area contributed by atoms with Crippen LogP contribution in [0.2, 0.25) is 4.34 Å². The highest BCUT2D eigenvalue weighted by Crippen LogP contribution is 2.39. The van der Waals surface area contributed by atoms with Gasteiger partial charge in [-0.2, -0.15) is 0 Å². The van der Waals surface area contributed by atoms with Gasteiger partial charge in [-0.3, -0.25) is 0 Å². The van der Waals surface area contributed by atoms with E-state index < -0.39 is 0 Å². The molecule has 0 nitrogen and oxygen atoms in total. The molecule has 62 valence electrons. The summed E-state index contributed by atoms with van der Waals surface area (Å²) in [5, 5.41) is 1.16. The second-order valence-electron chi connectivity index (χ2n) is 2.37. The second-order valence-corrected chi connectivity index (χ2v) is 5.33. The maximum absolute atomic E-state index is 5.95. The normalized spacial score (nSPS) is 10.9. The lowest BCUT2D eigenvalue weighted by Crippen LogP contribution is -1.64. The van der Waals surface area contributed by atoms with Crippen LogP contribution in [0.3, 0.4) is 0 Å². The molecule has 0 aliphatic rings. The summed E-state index contributed by atoms with van der Waals surface area (Å²) in [6, 6.07) is 5.99. The summed E-state index contributed by atoms with van der Waals surface area (Å²) in [6.45, 7) is 0. The Balaban J connectivity index is 2.87. The van der Waals surface area contributed by atoms with Crippen LogP contribution in [0.15, 0.2) is 27.6 Å². The van der Waals surface area contributed by atoms with Gasteiger partial charge in [-0.05, 0) is 28.1 Å². The molecule has 1 aromatic carbocycles. The zero-order chi connectivity index (χ0) is 8.72. The van der Waals surface area contributed by atoms with Gasteiger partial charge in [-0.25, -0.2) is 0 Å². The van der Waals surface area contributed by atoms with Gasteiger partial charge in [0.25, 0.3) is 0 Å². The lowest BCUT2D eigenvalue weighted by molar-refractivity contribution is 1.54. The maximum atomic E-state index is 5.95. The Hall–Kier alpha value is 0.300. The van der Waals surface area contributed by atoms with Gasteiger partial charge in [0, 0.05) is 15.0 Å². The van der Waals surface area contributed by atoms with Crippen LogP contribution in [-0.2, 0) is 0 Å². The molecule has 0 aliphatic carbocycles. The zero-order valence-electron chi connectivity index (χ0n) is 5.84. The van der Waals surface area contributed by atoms with Gasteiger partial charge in [-0.15, -0.1) is 24.0 Å². The van der Waals surface area contributed by atoms with Gasteiger partial charge in [0.2, 0.25) is 0 Å². The van der Waals surface area contributed by atoms with Crippen molar-refractivity contribution in [1.82, 2.24) is 0 Å². The van der Waals surface area contributed by atoms with E-state index in [1.54, 1.807) is 11.3 Å². The van der Waals surface area contributed by atoms with E-state index in [4.69, 9.17) is 11.6 Å². The van der Waals surface area contributed by atoms with Crippen molar-refractivity contribution in [2.45, 2.75) is 4.90 Å². The summed E-state index contributed by atoms with van der Waals surface area (Å²) in [7, 11) is 0. The fraction of sp³-hybridized carbons (Fsp3) is 0. The van der Waals surface area contributed by atoms with Crippen LogP contribution in [0.4, 0.5) is 0 Å². The first-order valence-corrected chi connectivity index (χ1v) is 5.68. The summed E-state index contributed by atoms with van der Waals surface area (Å²) >= 11 is 15.2. The minimum absolute atomic E-state index is 0.795. The maximum Gasteiger partial charge on any atom is 0.108 e. The highest BCUT2D eigenvalue weighted by atomic mass is 79.9. The molecular formula is C8H4BrClS2. The molecule has 0 unspecified atom stereocenters. The van der Waals surface area contributed by atoms with E-state index in [-0.39, 0.29) is 0 Å². The second kappa shape index (κ2) is 3.22. The molecule has 0 spiro atoms. The number of thiophene rings is 1. The van der Waals surface area contributed by atoms with Crippen molar-refractivity contribution in [2.24, 2.45) is 0 Å². The molecule has 0 amide bonds. The topological polar surface area (TPSA) is 0 Å². The summed E-state index contributed by atoms with van der Waals surface area (Å²) in [5.74, 6) is 0. The lowest BCUT2D eigenvalue weighted by Gasteiger charge is -1.91.